The molecule has 2 atom stereocenters. The third-order valence-electron chi connectivity index (χ3n) is 4.78. The molecular weight excluding hydrogens is 431 g/mol. The van der Waals surface area contributed by atoms with Gasteiger partial charge in [0.15, 0.2) is 0 Å². The van der Waals surface area contributed by atoms with E-state index in [2.05, 4.69) is 26.1 Å². The van der Waals surface area contributed by atoms with Gasteiger partial charge in [0.1, 0.15) is 16.9 Å². The average molecular weight is 453 g/mol. The number of amides is 3. The van der Waals surface area contributed by atoms with E-state index in [1.165, 1.54) is 18.2 Å². The van der Waals surface area contributed by atoms with Crippen molar-refractivity contribution in [1.82, 2.24) is 15.5 Å². The summed E-state index contributed by atoms with van der Waals surface area (Å²) in [5.41, 5.74) is 1.53. The van der Waals surface area contributed by atoms with E-state index in [4.69, 9.17) is 5.26 Å². The van der Waals surface area contributed by atoms with Gasteiger partial charge < -0.3 is 10.6 Å². The molecule has 1 heterocycles. The fraction of sp³-hybridized carbons (Fsp3) is 0.227. The molecule has 0 radical (unpaired) electrons. The Morgan fingerprint density at radius 1 is 1.16 bits per heavy atom. The smallest absolute Gasteiger partial charge is 0.319 e. The molecule has 32 heavy (non-hydrogen) atoms. The summed E-state index contributed by atoms with van der Waals surface area (Å²) < 4.78 is 13.1. The number of carbonyl (C=O) groups is 2. The summed E-state index contributed by atoms with van der Waals surface area (Å²) in [6.45, 7) is 3.77. The van der Waals surface area contributed by atoms with Crippen molar-refractivity contribution >= 4 is 34.1 Å². The molecule has 0 aliphatic rings. The van der Waals surface area contributed by atoms with E-state index in [0.717, 1.165) is 11.3 Å². The van der Waals surface area contributed by atoms with Crippen LogP contribution in [0.4, 0.5) is 20.0 Å². The van der Waals surface area contributed by atoms with E-state index in [1.807, 2.05) is 19.9 Å². The zero-order valence-electron chi connectivity index (χ0n) is 17.4. The van der Waals surface area contributed by atoms with E-state index in [9.17, 15) is 14.0 Å². The van der Waals surface area contributed by atoms with Crippen molar-refractivity contribution in [3.63, 3.8) is 0 Å². The highest BCUT2D eigenvalue weighted by Gasteiger charge is 2.27. The van der Waals surface area contributed by atoms with Crippen LogP contribution < -0.4 is 16.0 Å². The van der Waals surface area contributed by atoms with Crippen molar-refractivity contribution in [1.29, 1.82) is 5.26 Å². The van der Waals surface area contributed by atoms with Gasteiger partial charge >= 0.3 is 6.03 Å². The molecule has 2 aromatic carbocycles. The molecule has 3 amide bonds. The first-order chi connectivity index (χ1) is 15.4. The zero-order valence-corrected chi connectivity index (χ0v) is 18.2. The Balaban J connectivity index is 1.67. The van der Waals surface area contributed by atoms with Gasteiger partial charge in [-0.1, -0.05) is 37.7 Å². The predicted octanol–water partition coefficient (Wildman–Crippen LogP) is 4.39. The Kier molecular flexibility index (Phi) is 7.46. The number of carbonyl (C=O) groups excluding carboxylic acids is 2. The van der Waals surface area contributed by atoms with Crippen molar-refractivity contribution in [3.8, 4) is 16.6 Å². The first-order valence-electron chi connectivity index (χ1n) is 9.87. The number of hydrogen-bond donors (Lipinski definition) is 3. The average Bonchev–Trinajstić information content (AvgIpc) is 3.25. The predicted molar refractivity (Wildman–Crippen MR) is 120 cm³/mol. The highest BCUT2D eigenvalue weighted by Crippen LogP contribution is 2.26. The van der Waals surface area contributed by atoms with E-state index in [1.54, 1.807) is 30.3 Å². The molecule has 3 aromatic rings. The van der Waals surface area contributed by atoms with Crippen LogP contribution in [0.25, 0.3) is 10.6 Å². The van der Waals surface area contributed by atoms with Gasteiger partial charge in [-0.25, -0.2) is 9.18 Å². The number of rotatable bonds is 7. The van der Waals surface area contributed by atoms with E-state index >= 15 is 0 Å². The number of benzene rings is 2. The van der Waals surface area contributed by atoms with Crippen molar-refractivity contribution in [2.24, 2.45) is 5.92 Å². The second-order valence-corrected chi connectivity index (χ2v) is 8.04. The molecule has 0 bridgehead atoms. The minimum atomic E-state index is -0.822. The Hall–Kier alpha value is -3.84. The molecule has 3 rings (SSSR count). The fourth-order valence-electron chi connectivity index (χ4n) is 2.84. The first kappa shape index (κ1) is 22.8. The standard InChI is InChI=1S/C22H21FN6O2S/c1-3-13(2)18(26-21(31)25-17-6-4-5-14(11-17)12-24)19(30)27-22-29-28-20(32-22)15-7-9-16(23)10-8-15/h4-11,13,18H,3H2,1-2H3,(H2,25,26,31)(H,27,29,30). The summed E-state index contributed by atoms with van der Waals surface area (Å²) in [6, 6.07) is 12.9. The number of halogens is 1. The molecular formula is C22H21FN6O2S. The SMILES string of the molecule is CCC(C)C(NC(=O)Nc1cccc(C#N)c1)C(=O)Nc1nnc(-c2ccc(F)cc2)s1. The minimum absolute atomic E-state index is 0.157. The summed E-state index contributed by atoms with van der Waals surface area (Å²) in [5, 5.41) is 25.8. The van der Waals surface area contributed by atoms with Gasteiger partial charge in [0.05, 0.1) is 11.6 Å². The van der Waals surface area contributed by atoms with Crippen LogP contribution in [-0.2, 0) is 4.79 Å². The molecule has 164 valence electrons. The molecule has 0 fully saturated rings. The van der Waals surface area contributed by atoms with Crippen molar-refractivity contribution in [3.05, 3.63) is 59.9 Å². The molecule has 0 saturated heterocycles. The highest BCUT2D eigenvalue weighted by molar-refractivity contribution is 7.18. The van der Waals surface area contributed by atoms with Gasteiger partial charge in [0, 0.05) is 11.3 Å². The summed E-state index contributed by atoms with van der Waals surface area (Å²) in [5.74, 6) is -0.940. The Bertz CT molecular complexity index is 1140. The summed E-state index contributed by atoms with van der Waals surface area (Å²) in [4.78, 5) is 25.4. The maximum atomic E-state index is 13.1. The Labute approximate surface area is 188 Å². The fourth-order valence-corrected chi connectivity index (χ4v) is 3.59. The van der Waals surface area contributed by atoms with Crippen molar-refractivity contribution in [2.45, 2.75) is 26.3 Å². The lowest BCUT2D eigenvalue weighted by atomic mass is 9.98. The number of nitrogens with one attached hydrogen (secondary N) is 3. The number of hydrogen-bond acceptors (Lipinski definition) is 6. The van der Waals surface area contributed by atoms with Crippen molar-refractivity contribution < 1.29 is 14.0 Å². The summed E-state index contributed by atoms with van der Waals surface area (Å²) in [6.07, 6.45) is 0.652. The maximum Gasteiger partial charge on any atom is 0.319 e. The molecule has 3 N–H and O–H groups in total. The summed E-state index contributed by atoms with van der Waals surface area (Å²) in [7, 11) is 0. The van der Waals surface area contributed by atoms with E-state index in [0.29, 0.717) is 28.2 Å². The van der Waals surface area contributed by atoms with Crippen LogP contribution in [0.1, 0.15) is 25.8 Å². The number of urea groups is 1. The van der Waals surface area contributed by atoms with Crippen LogP contribution in [-0.4, -0.2) is 28.2 Å². The molecule has 0 spiro atoms. The van der Waals surface area contributed by atoms with Gasteiger partial charge in [0.2, 0.25) is 11.0 Å². The summed E-state index contributed by atoms with van der Waals surface area (Å²) >= 11 is 1.15. The number of nitriles is 1. The van der Waals surface area contributed by atoms with Crippen LogP contribution in [0.2, 0.25) is 0 Å². The van der Waals surface area contributed by atoms with E-state index in [-0.39, 0.29) is 16.9 Å². The Morgan fingerprint density at radius 3 is 2.59 bits per heavy atom. The highest BCUT2D eigenvalue weighted by atomic mass is 32.1. The Morgan fingerprint density at radius 2 is 1.91 bits per heavy atom. The molecule has 0 aliphatic heterocycles. The number of aromatic nitrogens is 2. The molecule has 0 saturated carbocycles. The van der Waals surface area contributed by atoms with Gasteiger partial charge in [0.25, 0.3) is 0 Å². The van der Waals surface area contributed by atoms with Crippen LogP contribution in [0.3, 0.4) is 0 Å². The van der Waals surface area contributed by atoms with E-state index < -0.39 is 18.0 Å². The molecule has 2 unspecified atom stereocenters. The zero-order chi connectivity index (χ0) is 23.1. The van der Waals surface area contributed by atoms with Gasteiger partial charge in [-0.2, -0.15) is 5.26 Å². The normalized spacial score (nSPS) is 12.3. The molecule has 10 heteroatoms. The lowest BCUT2D eigenvalue weighted by Gasteiger charge is -2.23. The monoisotopic (exact) mass is 452 g/mol. The number of anilines is 2. The molecule has 0 aliphatic carbocycles. The molecule has 1 aromatic heterocycles. The van der Waals surface area contributed by atoms with Gasteiger partial charge in [-0.15, -0.1) is 10.2 Å². The second-order valence-electron chi connectivity index (χ2n) is 7.06. The topological polar surface area (TPSA) is 120 Å². The van der Waals surface area contributed by atoms with Crippen molar-refractivity contribution in [2.75, 3.05) is 10.6 Å². The third-order valence-corrected chi connectivity index (χ3v) is 5.67. The minimum Gasteiger partial charge on any atom is -0.326 e. The van der Waals surface area contributed by atoms with Crippen LogP contribution in [0.15, 0.2) is 48.5 Å². The third kappa shape index (κ3) is 5.86. The second kappa shape index (κ2) is 10.5. The molecule has 8 nitrogen and oxygen atoms in total. The van der Waals surface area contributed by atoms with Gasteiger partial charge in [-0.3, -0.25) is 10.1 Å². The largest absolute Gasteiger partial charge is 0.326 e. The van der Waals surface area contributed by atoms with Gasteiger partial charge in [-0.05, 0) is 48.4 Å². The quantitative estimate of drug-likeness (QED) is 0.491. The lowest BCUT2D eigenvalue weighted by molar-refractivity contribution is -0.119. The van der Waals surface area contributed by atoms with Crippen LogP contribution in [0.5, 0.6) is 0 Å². The van der Waals surface area contributed by atoms with Crippen LogP contribution in [0, 0.1) is 23.1 Å². The first-order valence-corrected chi connectivity index (χ1v) is 10.7. The van der Waals surface area contributed by atoms with Crippen LogP contribution >= 0.6 is 11.3 Å². The number of nitrogens with zero attached hydrogens (tertiary/aromatic N) is 3. The lowest BCUT2D eigenvalue weighted by Crippen LogP contribution is -2.49. The maximum absolute atomic E-state index is 13.1.